The molecule has 0 aromatic carbocycles. The van der Waals surface area contributed by atoms with Gasteiger partial charge in [-0.25, -0.2) is 4.79 Å². The van der Waals surface area contributed by atoms with Crippen LogP contribution in [0.5, 0.6) is 0 Å². The summed E-state index contributed by atoms with van der Waals surface area (Å²) in [4.78, 5) is 35.5. The highest BCUT2D eigenvalue weighted by molar-refractivity contribution is 5.95. The van der Waals surface area contributed by atoms with Gasteiger partial charge in [0.15, 0.2) is 0 Å². The number of carboxylic acid groups (broad SMARTS) is 1. The number of nitrogens with zero attached hydrogens (tertiary/aromatic N) is 1. The Kier molecular flexibility index (Phi) is 5.48. The summed E-state index contributed by atoms with van der Waals surface area (Å²) >= 11 is 0. The molecule has 0 aliphatic carbocycles. The number of hydrogen-bond donors (Lipinski definition) is 3. The van der Waals surface area contributed by atoms with Crippen LogP contribution in [0.2, 0.25) is 0 Å². The van der Waals surface area contributed by atoms with Gasteiger partial charge in [0.05, 0.1) is 19.4 Å². The molecule has 3 N–H and O–H groups in total. The zero-order valence-corrected chi connectivity index (χ0v) is 12.2. The van der Waals surface area contributed by atoms with E-state index in [-0.39, 0.29) is 13.1 Å². The zero-order valence-electron chi connectivity index (χ0n) is 12.2. The lowest BCUT2D eigenvalue weighted by atomic mass is 10.0. The molecule has 0 atom stereocenters. The molecule has 116 valence electrons. The van der Waals surface area contributed by atoms with Crippen molar-refractivity contribution in [3.8, 4) is 0 Å². The van der Waals surface area contributed by atoms with E-state index in [4.69, 9.17) is 9.52 Å². The van der Waals surface area contributed by atoms with Crippen LogP contribution in [-0.2, 0) is 16.1 Å². The summed E-state index contributed by atoms with van der Waals surface area (Å²) < 4.78 is 5.02. The maximum atomic E-state index is 11.7. The van der Waals surface area contributed by atoms with Crippen molar-refractivity contribution in [2.24, 2.45) is 0 Å². The average molecular weight is 297 g/mol. The minimum absolute atomic E-state index is 0.155. The van der Waals surface area contributed by atoms with E-state index in [2.05, 4.69) is 10.6 Å². The largest absolute Gasteiger partial charge is 0.480 e. The topological polar surface area (TPSA) is 112 Å². The third-order valence-electron chi connectivity index (χ3n) is 3.11. The third-order valence-corrected chi connectivity index (χ3v) is 3.11. The SMILES string of the molecule is CN(CC(=O)NC(=O)NCc1ccco1)C(C)(C)C(=O)O. The van der Waals surface area contributed by atoms with Crippen molar-refractivity contribution in [2.45, 2.75) is 25.9 Å². The molecule has 0 saturated carbocycles. The minimum atomic E-state index is -1.21. The molecule has 1 aromatic heterocycles. The highest BCUT2D eigenvalue weighted by Crippen LogP contribution is 2.11. The Balaban J connectivity index is 2.39. The zero-order chi connectivity index (χ0) is 16.0. The summed E-state index contributed by atoms with van der Waals surface area (Å²) in [6.07, 6.45) is 1.48. The molecule has 0 radical (unpaired) electrons. The lowest BCUT2D eigenvalue weighted by Gasteiger charge is -2.30. The Morgan fingerprint density at radius 2 is 2.05 bits per heavy atom. The van der Waals surface area contributed by atoms with Crippen molar-refractivity contribution in [1.29, 1.82) is 0 Å². The molecule has 21 heavy (non-hydrogen) atoms. The number of nitrogens with one attached hydrogen (secondary N) is 2. The van der Waals surface area contributed by atoms with E-state index in [1.54, 1.807) is 12.1 Å². The fraction of sp³-hybridized carbons (Fsp3) is 0.462. The Labute approximate surface area is 122 Å². The van der Waals surface area contributed by atoms with Crippen molar-refractivity contribution >= 4 is 17.9 Å². The van der Waals surface area contributed by atoms with Gasteiger partial charge in [0.25, 0.3) is 0 Å². The van der Waals surface area contributed by atoms with Crippen LogP contribution < -0.4 is 10.6 Å². The van der Waals surface area contributed by atoms with Crippen LogP contribution in [0.3, 0.4) is 0 Å². The first-order valence-electron chi connectivity index (χ1n) is 6.28. The highest BCUT2D eigenvalue weighted by Gasteiger charge is 2.33. The van der Waals surface area contributed by atoms with E-state index in [1.165, 1.54) is 32.1 Å². The molecular weight excluding hydrogens is 278 g/mol. The summed E-state index contributed by atoms with van der Waals surface area (Å²) in [5, 5.41) is 13.6. The second kappa shape index (κ2) is 6.89. The van der Waals surface area contributed by atoms with Gasteiger partial charge in [-0.1, -0.05) is 0 Å². The summed E-state index contributed by atoms with van der Waals surface area (Å²) in [6, 6.07) is 2.70. The molecule has 0 aliphatic rings. The van der Waals surface area contributed by atoms with Crippen molar-refractivity contribution in [1.82, 2.24) is 15.5 Å². The number of furan rings is 1. The van der Waals surface area contributed by atoms with Crippen LogP contribution in [0.4, 0.5) is 4.79 Å². The van der Waals surface area contributed by atoms with Crippen LogP contribution in [0.1, 0.15) is 19.6 Å². The van der Waals surface area contributed by atoms with E-state index in [0.717, 1.165) is 0 Å². The Morgan fingerprint density at radius 1 is 1.38 bits per heavy atom. The predicted octanol–water partition coefficient (Wildman–Crippen LogP) is 0.400. The first-order valence-corrected chi connectivity index (χ1v) is 6.28. The fourth-order valence-corrected chi connectivity index (χ4v) is 1.37. The molecule has 0 spiro atoms. The standard InChI is InChI=1S/C13H19N3O5/c1-13(2,11(18)19)16(3)8-10(17)15-12(20)14-7-9-5-4-6-21-9/h4-6H,7-8H2,1-3H3,(H,18,19)(H2,14,15,17,20). The Hall–Kier alpha value is -2.35. The molecule has 8 heteroatoms. The van der Waals surface area contributed by atoms with Gasteiger partial charge < -0.3 is 14.8 Å². The predicted molar refractivity (Wildman–Crippen MR) is 73.4 cm³/mol. The maximum Gasteiger partial charge on any atom is 0.323 e. The number of carbonyl (C=O) groups excluding carboxylic acids is 2. The fourth-order valence-electron chi connectivity index (χ4n) is 1.37. The van der Waals surface area contributed by atoms with E-state index in [9.17, 15) is 14.4 Å². The summed E-state index contributed by atoms with van der Waals surface area (Å²) in [5.41, 5.74) is -1.21. The van der Waals surface area contributed by atoms with E-state index in [0.29, 0.717) is 5.76 Å². The van der Waals surface area contributed by atoms with Crippen LogP contribution in [-0.4, -0.2) is 47.0 Å². The number of urea groups is 1. The molecule has 0 unspecified atom stereocenters. The lowest BCUT2D eigenvalue weighted by molar-refractivity contribution is -0.149. The third kappa shape index (κ3) is 4.92. The van der Waals surface area contributed by atoms with E-state index >= 15 is 0 Å². The first kappa shape index (κ1) is 16.7. The number of hydrogen-bond acceptors (Lipinski definition) is 5. The van der Waals surface area contributed by atoms with E-state index in [1.807, 2.05) is 0 Å². The normalized spacial score (nSPS) is 11.2. The van der Waals surface area contributed by atoms with Crippen molar-refractivity contribution in [3.63, 3.8) is 0 Å². The van der Waals surface area contributed by atoms with Crippen LogP contribution in [0, 0.1) is 0 Å². The number of amides is 3. The minimum Gasteiger partial charge on any atom is -0.480 e. The molecule has 3 amide bonds. The molecule has 1 rings (SSSR count). The Bertz CT molecular complexity index is 510. The molecule has 8 nitrogen and oxygen atoms in total. The molecular formula is C13H19N3O5. The number of carbonyl (C=O) groups is 3. The quantitative estimate of drug-likeness (QED) is 0.700. The van der Waals surface area contributed by atoms with Gasteiger partial charge in [-0.15, -0.1) is 0 Å². The van der Waals surface area contributed by atoms with Gasteiger partial charge >= 0.3 is 12.0 Å². The van der Waals surface area contributed by atoms with Crippen LogP contribution in [0.15, 0.2) is 22.8 Å². The first-order chi connectivity index (χ1) is 9.73. The second-order valence-corrected chi connectivity index (χ2v) is 5.03. The number of likely N-dealkylation sites (N-methyl/N-ethyl adjacent to an activating group) is 1. The number of imide groups is 1. The monoisotopic (exact) mass is 297 g/mol. The molecule has 0 aliphatic heterocycles. The highest BCUT2D eigenvalue weighted by atomic mass is 16.4. The summed E-state index contributed by atoms with van der Waals surface area (Å²) in [5.74, 6) is -1.09. The van der Waals surface area contributed by atoms with Crippen molar-refractivity contribution < 1.29 is 23.9 Å². The lowest BCUT2D eigenvalue weighted by Crippen LogP contribution is -2.52. The van der Waals surface area contributed by atoms with Gasteiger partial charge in [0.1, 0.15) is 11.3 Å². The number of aliphatic carboxylic acids is 1. The maximum absolute atomic E-state index is 11.7. The van der Waals surface area contributed by atoms with Gasteiger partial charge in [0.2, 0.25) is 5.91 Å². The molecule has 1 heterocycles. The van der Waals surface area contributed by atoms with Crippen LogP contribution in [0.25, 0.3) is 0 Å². The smallest absolute Gasteiger partial charge is 0.323 e. The van der Waals surface area contributed by atoms with Gasteiger partial charge in [-0.2, -0.15) is 0 Å². The van der Waals surface area contributed by atoms with Crippen molar-refractivity contribution in [2.75, 3.05) is 13.6 Å². The average Bonchev–Trinajstić information content (AvgIpc) is 2.88. The molecule has 0 saturated heterocycles. The molecule has 0 fully saturated rings. The van der Waals surface area contributed by atoms with Gasteiger partial charge in [-0.3, -0.25) is 19.8 Å². The van der Waals surface area contributed by atoms with E-state index < -0.39 is 23.4 Å². The second-order valence-electron chi connectivity index (χ2n) is 5.03. The number of carboxylic acids is 1. The summed E-state index contributed by atoms with van der Waals surface area (Å²) in [6.45, 7) is 2.88. The molecule has 0 bridgehead atoms. The van der Waals surface area contributed by atoms with Gasteiger partial charge in [-0.05, 0) is 33.0 Å². The number of rotatable bonds is 6. The Morgan fingerprint density at radius 3 is 2.57 bits per heavy atom. The van der Waals surface area contributed by atoms with Crippen LogP contribution >= 0.6 is 0 Å². The molecule has 1 aromatic rings. The van der Waals surface area contributed by atoms with Crippen molar-refractivity contribution in [3.05, 3.63) is 24.2 Å². The summed E-state index contributed by atoms with van der Waals surface area (Å²) in [7, 11) is 1.49. The van der Waals surface area contributed by atoms with Gasteiger partial charge in [0, 0.05) is 0 Å².